The molecule has 36 heavy (non-hydrogen) atoms. The molecular formula is C24H23F3N2O7. The van der Waals surface area contributed by atoms with Crippen LogP contribution in [-0.2, 0) is 36.6 Å². The normalized spacial score (nSPS) is 12.4. The van der Waals surface area contributed by atoms with E-state index in [1.54, 1.807) is 30.3 Å². The molecule has 0 bridgehead atoms. The summed E-state index contributed by atoms with van der Waals surface area (Å²) in [6, 6.07) is 12.1. The summed E-state index contributed by atoms with van der Waals surface area (Å²) in [5.74, 6) is -6.22. The van der Waals surface area contributed by atoms with Crippen molar-refractivity contribution in [3.8, 4) is 5.88 Å². The molecule has 0 aliphatic rings. The van der Waals surface area contributed by atoms with Gasteiger partial charge in [0.25, 0.3) is 0 Å². The van der Waals surface area contributed by atoms with Gasteiger partial charge in [-0.3, -0.25) is 14.4 Å². The molecule has 1 aromatic carbocycles. The molecule has 0 amide bonds. The first-order chi connectivity index (χ1) is 17.1. The van der Waals surface area contributed by atoms with Crippen LogP contribution in [0, 0.1) is 11.8 Å². The molecule has 12 heteroatoms. The van der Waals surface area contributed by atoms with E-state index < -0.39 is 48.0 Å². The maximum absolute atomic E-state index is 13.7. The number of rotatable bonds is 10. The van der Waals surface area contributed by atoms with Crippen LogP contribution in [0.5, 0.6) is 5.88 Å². The van der Waals surface area contributed by atoms with Gasteiger partial charge in [0, 0.05) is 11.6 Å². The van der Waals surface area contributed by atoms with E-state index in [1.807, 2.05) is 0 Å². The van der Waals surface area contributed by atoms with Gasteiger partial charge in [0.1, 0.15) is 0 Å². The molecule has 0 aliphatic carbocycles. The summed E-state index contributed by atoms with van der Waals surface area (Å²) < 4.78 is 61.1. The molecular weight excluding hydrogens is 485 g/mol. The molecule has 0 fully saturated rings. The Morgan fingerprint density at radius 1 is 0.972 bits per heavy atom. The van der Waals surface area contributed by atoms with Crippen molar-refractivity contribution in [2.75, 3.05) is 27.9 Å². The number of methoxy groups -OCH3 is 3. The number of ketones is 1. The molecule has 2 heterocycles. The van der Waals surface area contributed by atoms with E-state index in [0.717, 1.165) is 24.3 Å². The second kappa shape index (κ2) is 11.2. The summed E-state index contributed by atoms with van der Waals surface area (Å²) in [7, 11) is 3.29. The van der Waals surface area contributed by atoms with Gasteiger partial charge >= 0.3 is 18.1 Å². The number of carbonyl (C=O) groups is 3. The minimum Gasteiger partial charge on any atom is -0.481 e. The van der Waals surface area contributed by atoms with Crippen LogP contribution < -0.4 is 4.74 Å². The fraction of sp³-hybridized carbons (Fsp3) is 0.333. The predicted octanol–water partition coefficient (Wildman–Crippen LogP) is 3.34. The highest BCUT2D eigenvalue weighted by atomic mass is 19.4. The van der Waals surface area contributed by atoms with Crippen molar-refractivity contribution >= 4 is 23.2 Å². The van der Waals surface area contributed by atoms with Crippen LogP contribution >= 0.6 is 0 Å². The molecule has 1 unspecified atom stereocenters. The average Bonchev–Trinajstić information content (AvgIpc) is 3.33. The Labute approximate surface area is 203 Å². The molecule has 0 aliphatic heterocycles. The van der Waals surface area contributed by atoms with Crippen LogP contribution in [-0.4, -0.2) is 55.3 Å². The third-order valence-corrected chi connectivity index (χ3v) is 5.41. The molecule has 1 atom stereocenters. The van der Waals surface area contributed by atoms with E-state index in [0.29, 0.717) is 6.07 Å². The Kier molecular flexibility index (Phi) is 8.30. The maximum atomic E-state index is 13.7. The molecule has 0 radical (unpaired) electrons. The van der Waals surface area contributed by atoms with Crippen molar-refractivity contribution in [1.29, 1.82) is 0 Å². The first kappa shape index (κ1) is 26.7. The standard InChI is InChI=1S/C24H23F3N2O7/c1-33-19-10-9-15(17-11-18(24(25,26)27)28-29(17)19)21(30)16(20(22(31)34-2)23(32)35-3)13-36-12-14-7-5-4-6-8-14/h4-11,16,20H,12-13H2,1-3H3. The highest BCUT2D eigenvalue weighted by Gasteiger charge is 2.43. The summed E-state index contributed by atoms with van der Waals surface area (Å²) in [4.78, 5) is 38.7. The third kappa shape index (κ3) is 5.65. The lowest BCUT2D eigenvalue weighted by Crippen LogP contribution is -2.40. The van der Waals surface area contributed by atoms with Crippen molar-refractivity contribution in [3.05, 3.63) is 65.4 Å². The molecule has 192 valence electrons. The quantitative estimate of drug-likeness (QED) is 0.233. The Balaban J connectivity index is 2.07. The monoisotopic (exact) mass is 508 g/mol. The van der Waals surface area contributed by atoms with Crippen LogP contribution in [0.25, 0.3) is 5.52 Å². The lowest BCUT2D eigenvalue weighted by molar-refractivity contribution is -0.162. The van der Waals surface area contributed by atoms with Crippen molar-refractivity contribution in [3.63, 3.8) is 0 Å². The zero-order valence-electron chi connectivity index (χ0n) is 19.6. The number of hydrogen-bond acceptors (Lipinski definition) is 8. The number of carbonyl (C=O) groups excluding carboxylic acids is 3. The van der Waals surface area contributed by atoms with Crippen molar-refractivity contribution < 1.29 is 46.5 Å². The number of halogens is 3. The van der Waals surface area contributed by atoms with E-state index in [-0.39, 0.29) is 23.6 Å². The number of nitrogens with zero attached hydrogens (tertiary/aromatic N) is 2. The second-order valence-electron chi connectivity index (χ2n) is 7.61. The molecule has 0 N–H and O–H groups in total. The maximum Gasteiger partial charge on any atom is 0.435 e. The fourth-order valence-electron chi connectivity index (χ4n) is 3.63. The van der Waals surface area contributed by atoms with E-state index in [2.05, 4.69) is 5.10 Å². The smallest absolute Gasteiger partial charge is 0.435 e. The van der Waals surface area contributed by atoms with Gasteiger partial charge in [-0.1, -0.05) is 30.3 Å². The van der Waals surface area contributed by atoms with Crippen LogP contribution in [0.15, 0.2) is 48.5 Å². The van der Waals surface area contributed by atoms with Gasteiger partial charge in [-0.2, -0.15) is 22.8 Å². The number of aromatic nitrogens is 2. The number of fused-ring (bicyclic) bond motifs is 1. The number of pyridine rings is 1. The summed E-state index contributed by atoms with van der Waals surface area (Å²) in [5, 5.41) is 3.51. The summed E-state index contributed by atoms with van der Waals surface area (Å²) in [6.45, 7) is -0.385. The molecule has 9 nitrogen and oxygen atoms in total. The van der Waals surface area contributed by atoms with E-state index in [9.17, 15) is 27.6 Å². The van der Waals surface area contributed by atoms with Gasteiger partial charge in [0.2, 0.25) is 5.88 Å². The second-order valence-corrected chi connectivity index (χ2v) is 7.61. The van der Waals surface area contributed by atoms with Crippen LogP contribution in [0.3, 0.4) is 0 Å². The SMILES string of the molecule is COC(=O)C(C(=O)OC)C(COCc1ccccc1)C(=O)c1ccc(OC)n2nc(C(F)(F)F)cc12. The number of ether oxygens (including phenoxy) is 4. The molecule has 0 saturated carbocycles. The lowest BCUT2D eigenvalue weighted by Gasteiger charge is -2.23. The van der Waals surface area contributed by atoms with Gasteiger partial charge in [-0.15, -0.1) is 0 Å². The Morgan fingerprint density at radius 3 is 2.17 bits per heavy atom. The first-order valence-electron chi connectivity index (χ1n) is 10.6. The largest absolute Gasteiger partial charge is 0.481 e. The summed E-state index contributed by atoms with van der Waals surface area (Å²) in [5.41, 5.74) is -0.956. The van der Waals surface area contributed by atoms with Crippen LogP contribution in [0.4, 0.5) is 13.2 Å². The minimum atomic E-state index is -4.80. The molecule has 2 aromatic heterocycles. The van der Waals surface area contributed by atoms with E-state index in [4.69, 9.17) is 18.9 Å². The fourth-order valence-corrected chi connectivity index (χ4v) is 3.63. The van der Waals surface area contributed by atoms with Crippen LogP contribution in [0.1, 0.15) is 21.6 Å². The highest BCUT2D eigenvalue weighted by Crippen LogP contribution is 2.33. The Bertz CT molecular complexity index is 1230. The Hall–Kier alpha value is -3.93. The topological polar surface area (TPSA) is 105 Å². The molecule has 3 aromatic rings. The molecule has 3 rings (SSSR count). The van der Waals surface area contributed by atoms with Gasteiger partial charge in [0.15, 0.2) is 17.4 Å². The number of Topliss-reactive ketones (excluding diaryl/α,β-unsaturated/α-hetero) is 1. The molecule has 0 spiro atoms. The average molecular weight is 508 g/mol. The van der Waals surface area contributed by atoms with Crippen molar-refractivity contribution in [1.82, 2.24) is 9.61 Å². The predicted molar refractivity (Wildman–Crippen MR) is 118 cm³/mol. The third-order valence-electron chi connectivity index (χ3n) is 5.41. The number of esters is 2. The van der Waals surface area contributed by atoms with Gasteiger partial charge in [0.05, 0.1) is 46.0 Å². The van der Waals surface area contributed by atoms with Crippen LogP contribution in [0.2, 0.25) is 0 Å². The minimum absolute atomic E-state index is 0.0443. The molecule has 0 saturated heterocycles. The van der Waals surface area contributed by atoms with Gasteiger partial charge < -0.3 is 18.9 Å². The first-order valence-corrected chi connectivity index (χ1v) is 10.6. The van der Waals surface area contributed by atoms with E-state index in [1.165, 1.54) is 19.2 Å². The van der Waals surface area contributed by atoms with Gasteiger partial charge in [-0.05, 0) is 17.7 Å². The lowest BCUT2D eigenvalue weighted by atomic mass is 9.85. The van der Waals surface area contributed by atoms with Crippen molar-refractivity contribution in [2.45, 2.75) is 12.8 Å². The number of hydrogen-bond donors (Lipinski definition) is 0. The summed E-state index contributed by atoms with van der Waals surface area (Å²) >= 11 is 0. The number of alkyl halides is 3. The van der Waals surface area contributed by atoms with E-state index >= 15 is 0 Å². The zero-order valence-corrected chi connectivity index (χ0v) is 19.6. The highest BCUT2D eigenvalue weighted by molar-refractivity contribution is 6.09. The van der Waals surface area contributed by atoms with Gasteiger partial charge in [-0.25, -0.2) is 0 Å². The Morgan fingerprint density at radius 2 is 1.61 bits per heavy atom. The number of benzene rings is 1. The zero-order chi connectivity index (χ0) is 26.5. The van der Waals surface area contributed by atoms with Crippen molar-refractivity contribution in [2.24, 2.45) is 11.8 Å². The summed E-state index contributed by atoms with van der Waals surface area (Å²) in [6.07, 6.45) is -4.80.